The van der Waals surface area contributed by atoms with Crippen LogP contribution in [0.15, 0.2) is 4.99 Å². The van der Waals surface area contributed by atoms with Crippen LogP contribution >= 0.6 is 24.0 Å². The summed E-state index contributed by atoms with van der Waals surface area (Å²) in [6, 6.07) is 0.377. The van der Waals surface area contributed by atoms with E-state index in [0.717, 1.165) is 90.9 Å². The number of rotatable bonds is 11. The van der Waals surface area contributed by atoms with E-state index in [-0.39, 0.29) is 42.5 Å². The van der Waals surface area contributed by atoms with Gasteiger partial charge in [-0.2, -0.15) is 0 Å². The van der Waals surface area contributed by atoms with Gasteiger partial charge < -0.3 is 29.9 Å². The number of guanidine groups is 1. The number of morpholine rings is 1. The molecule has 2 aliphatic rings. The molecule has 2 aliphatic heterocycles. The van der Waals surface area contributed by atoms with E-state index < -0.39 is 0 Å². The molecule has 9 nitrogen and oxygen atoms in total. The molecule has 188 valence electrons. The van der Waals surface area contributed by atoms with Gasteiger partial charge in [-0.1, -0.05) is 0 Å². The van der Waals surface area contributed by atoms with Crippen LogP contribution in [0.5, 0.6) is 0 Å². The number of likely N-dealkylation sites (N-methyl/N-ethyl adjacent to an activating group) is 1. The standard InChI is InChI=1S/C22H44N6O3.HI/c1-19(2)31-17-14-28-10-6-20(7-11-28)25-22(24-18-21(29)26(3)4)23-8-5-9-27-12-15-30-16-13-27;/h19-20H,5-18H2,1-4H3,(H2,23,24,25);1H. The Morgan fingerprint density at radius 2 is 1.78 bits per heavy atom. The first-order valence-corrected chi connectivity index (χ1v) is 11.8. The van der Waals surface area contributed by atoms with Gasteiger partial charge in [0.2, 0.25) is 5.91 Å². The minimum atomic E-state index is 0. The lowest BCUT2D eigenvalue weighted by Gasteiger charge is -2.33. The van der Waals surface area contributed by atoms with Gasteiger partial charge in [-0.3, -0.25) is 9.69 Å². The predicted octanol–water partition coefficient (Wildman–Crippen LogP) is 0.840. The monoisotopic (exact) mass is 568 g/mol. The molecule has 0 saturated carbocycles. The molecular formula is C22H45IN6O3. The summed E-state index contributed by atoms with van der Waals surface area (Å²) in [5.74, 6) is 0.758. The van der Waals surface area contributed by atoms with Crippen LogP contribution in [-0.4, -0.2) is 125 Å². The molecule has 0 bridgehead atoms. The lowest BCUT2D eigenvalue weighted by atomic mass is 10.1. The minimum Gasteiger partial charge on any atom is -0.379 e. The van der Waals surface area contributed by atoms with Gasteiger partial charge in [0.05, 0.1) is 25.9 Å². The summed E-state index contributed by atoms with van der Waals surface area (Å²) in [5, 5.41) is 7.00. The average molecular weight is 569 g/mol. The Labute approximate surface area is 211 Å². The maximum absolute atomic E-state index is 12.0. The Hall–Kier alpha value is -0.690. The summed E-state index contributed by atoms with van der Waals surface area (Å²) in [4.78, 5) is 23.0. The summed E-state index contributed by atoms with van der Waals surface area (Å²) >= 11 is 0. The van der Waals surface area contributed by atoms with Gasteiger partial charge in [-0.05, 0) is 39.7 Å². The third-order valence-electron chi connectivity index (χ3n) is 5.71. The van der Waals surface area contributed by atoms with Crippen molar-refractivity contribution in [3.8, 4) is 0 Å². The number of hydrogen-bond acceptors (Lipinski definition) is 6. The number of nitrogens with one attached hydrogen (secondary N) is 2. The fourth-order valence-electron chi connectivity index (χ4n) is 3.69. The number of carbonyl (C=O) groups is 1. The quantitative estimate of drug-likeness (QED) is 0.166. The number of hydrogen-bond donors (Lipinski definition) is 2. The summed E-state index contributed by atoms with van der Waals surface area (Å²) in [6.45, 7) is 13.8. The van der Waals surface area contributed by atoms with E-state index in [9.17, 15) is 4.79 Å². The highest BCUT2D eigenvalue weighted by Gasteiger charge is 2.20. The molecule has 2 heterocycles. The summed E-state index contributed by atoms with van der Waals surface area (Å²) in [6.07, 6.45) is 3.46. The molecule has 0 radical (unpaired) electrons. The van der Waals surface area contributed by atoms with Gasteiger partial charge in [0, 0.05) is 59.4 Å². The van der Waals surface area contributed by atoms with Crippen LogP contribution in [-0.2, 0) is 14.3 Å². The molecule has 0 aromatic carbocycles. The van der Waals surface area contributed by atoms with Crippen molar-refractivity contribution in [2.24, 2.45) is 4.99 Å². The van der Waals surface area contributed by atoms with E-state index in [2.05, 4.69) is 39.3 Å². The Balaban J connectivity index is 0.00000512. The molecule has 10 heteroatoms. The fraction of sp³-hybridized carbons (Fsp3) is 0.909. The lowest BCUT2D eigenvalue weighted by molar-refractivity contribution is -0.127. The molecular weight excluding hydrogens is 523 g/mol. The second kappa shape index (κ2) is 16.9. The molecule has 0 atom stereocenters. The molecule has 0 aromatic heterocycles. The maximum atomic E-state index is 12.0. The summed E-state index contributed by atoms with van der Waals surface area (Å²) < 4.78 is 11.1. The molecule has 2 fully saturated rings. The van der Waals surface area contributed by atoms with Crippen LogP contribution in [0.3, 0.4) is 0 Å². The topological polar surface area (TPSA) is 81.7 Å². The van der Waals surface area contributed by atoms with Crippen molar-refractivity contribution >= 4 is 35.8 Å². The van der Waals surface area contributed by atoms with E-state index in [1.54, 1.807) is 19.0 Å². The number of halogens is 1. The smallest absolute Gasteiger partial charge is 0.243 e. The van der Waals surface area contributed by atoms with Gasteiger partial charge in [0.25, 0.3) is 0 Å². The summed E-state index contributed by atoms with van der Waals surface area (Å²) in [5.41, 5.74) is 0. The van der Waals surface area contributed by atoms with E-state index in [1.165, 1.54) is 0 Å². The first kappa shape index (κ1) is 29.3. The molecule has 0 aliphatic carbocycles. The number of amides is 1. The van der Waals surface area contributed by atoms with Crippen LogP contribution in [0.2, 0.25) is 0 Å². The number of aliphatic imine (C=N–C) groups is 1. The Morgan fingerprint density at radius 3 is 2.41 bits per heavy atom. The van der Waals surface area contributed by atoms with Crippen molar-refractivity contribution in [1.29, 1.82) is 0 Å². The molecule has 2 N–H and O–H groups in total. The van der Waals surface area contributed by atoms with Crippen molar-refractivity contribution in [2.75, 3.05) is 86.3 Å². The van der Waals surface area contributed by atoms with Gasteiger partial charge >= 0.3 is 0 Å². The Kier molecular flexibility index (Phi) is 15.5. The van der Waals surface area contributed by atoms with Crippen LogP contribution in [0, 0.1) is 0 Å². The third kappa shape index (κ3) is 12.5. The van der Waals surface area contributed by atoms with Crippen molar-refractivity contribution < 1.29 is 14.3 Å². The second-order valence-electron chi connectivity index (χ2n) is 8.87. The lowest BCUT2D eigenvalue weighted by Crippen LogP contribution is -2.49. The maximum Gasteiger partial charge on any atom is 0.243 e. The Bertz CT molecular complexity index is 536. The van der Waals surface area contributed by atoms with Crippen LogP contribution in [0.1, 0.15) is 33.1 Å². The first-order chi connectivity index (χ1) is 14.9. The largest absolute Gasteiger partial charge is 0.379 e. The van der Waals surface area contributed by atoms with Gasteiger partial charge in [-0.25, -0.2) is 4.99 Å². The zero-order valence-electron chi connectivity index (χ0n) is 20.5. The number of nitrogens with zero attached hydrogens (tertiary/aromatic N) is 4. The number of ether oxygens (including phenoxy) is 2. The van der Waals surface area contributed by atoms with Crippen molar-refractivity contribution in [2.45, 2.75) is 45.3 Å². The molecule has 2 rings (SSSR count). The van der Waals surface area contributed by atoms with E-state index in [1.807, 2.05) is 0 Å². The molecule has 32 heavy (non-hydrogen) atoms. The van der Waals surface area contributed by atoms with E-state index >= 15 is 0 Å². The number of carbonyl (C=O) groups excluding carboxylic acids is 1. The second-order valence-corrected chi connectivity index (χ2v) is 8.87. The molecule has 2 saturated heterocycles. The molecule has 1 amide bonds. The normalized spacial score (nSPS) is 19.0. The van der Waals surface area contributed by atoms with E-state index in [4.69, 9.17) is 9.47 Å². The SMILES string of the molecule is CC(C)OCCN1CCC(NC(=NCC(=O)N(C)C)NCCCN2CCOCC2)CC1.I. The van der Waals surface area contributed by atoms with Gasteiger partial charge in [0.15, 0.2) is 5.96 Å². The summed E-state index contributed by atoms with van der Waals surface area (Å²) in [7, 11) is 3.53. The number of piperidine rings is 1. The van der Waals surface area contributed by atoms with Crippen molar-refractivity contribution in [1.82, 2.24) is 25.3 Å². The molecule has 0 spiro atoms. The minimum absolute atomic E-state index is 0. The third-order valence-corrected chi connectivity index (χ3v) is 5.71. The van der Waals surface area contributed by atoms with Crippen LogP contribution in [0.4, 0.5) is 0 Å². The highest BCUT2D eigenvalue weighted by Crippen LogP contribution is 2.10. The highest BCUT2D eigenvalue weighted by molar-refractivity contribution is 14.0. The van der Waals surface area contributed by atoms with Gasteiger partial charge in [-0.15, -0.1) is 24.0 Å². The van der Waals surface area contributed by atoms with Crippen LogP contribution in [0.25, 0.3) is 0 Å². The van der Waals surface area contributed by atoms with Gasteiger partial charge in [0.1, 0.15) is 6.54 Å². The first-order valence-electron chi connectivity index (χ1n) is 11.8. The predicted molar refractivity (Wildman–Crippen MR) is 140 cm³/mol. The zero-order valence-corrected chi connectivity index (χ0v) is 22.8. The Morgan fingerprint density at radius 1 is 1.12 bits per heavy atom. The number of likely N-dealkylation sites (tertiary alicyclic amines) is 1. The highest BCUT2D eigenvalue weighted by atomic mass is 127. The van der Waals surface area contributed by atoms with Crippen LogP contribution < -0.4 is 10.6 Å². The molecule has 0 aromatic rings. The molecule has 0 unspecified atom stereocenters. The average Bonchev–Trinajstić information content (AvgIpc) is 2.76. The van der Waals surface area contributed by atoms with E-state index in [0.29, 0.717) is 6.04 Å². The fourth-order valence-corrected chi connectivity index (χ4v) is 3.69. The van der Waals surface area contributed by atoms with Crippen molar-refractivity contribution in [3.05, 3.63) is 0 Å². The van der Waals surface area contributed by atoms with Crippen molar-refractivity contribution in [3.63, 3.8) is 0 Å². The zero-order chi connectivity index (χ0) is 22.5.